The van der Waals surface area contributed by atoms with Gasteiger partial charge in [0.05, 0.1) is 0 Å². The van der Waals surface area contributed by atoms with Gasteiger partial charge < -0.3 is 10.8 Å². The molecule has 0 fully saturated rings. The number of hydrogen-bond acceptors (Lipinski definition) is 5. The van der Waals surface area contributed by atoms with Gasteiger partial charge in [0, 0.05) is 16.3 Å². The lowest BCUT2D eigenvalue weighted by Crippen LogP contribution is -1.97. The van der Waals surface area contributed by atoms with Gasteiger partial charge in [-0.15, -0.1) is 0 Å². The number of halogens is 1. The summed E-state index contributed by atoms with van der Waals surface area (Å²) in [5.41, 5.74) is 5.23. The van der Waals surface area contributed by atoms with E-state index in [0.29, 0.717) is 5.56 Å². The molecule has 0 spiro atoms. The van der Waals surface area contributed by atoms with Gasteiger partial charge in [0.2, 0.25) is 0 Å². The maximum Gasteiger partial charge on any atom is 0.174 e. The average molecular weight is 291 g/mol. The molecule has 1 aromatic carbocycles. The zero-order valence-electron chi connectivity index (χ0n) is 8.55. The van der Waals surface area contributed by atoms with Crippen LogP contribution < -0.4 is 5.73 Å². The van der Waals surface area contributed by atoms with Gasteiger partial charge in [-0.25, -0.2) is 4.99 Å². The monoisotopic (exact) mass is 290 g/mol. The molecule has 0 saturated carbocycles. The Labute approximate surface area is 106 Å². The molecule has 84 valence electrons. The quantitative estimate of drug-likeness (QED) is 0.639. The lowest BCUT2D eigenvalue weighted by atomic mass is 10.2. The number of nitriles is 2. The molecule has 0 aromatic heterocycles. The summed E-state index contributed by atoms with van der Waals surface area (Å²) in [7, 11) is 0. The van der Waals surface area contributed by atoms with Crippen molar-refractivity contribution in [3.05, 3.63) is 39.6 Å². The molecule has 0 heterocycles. The van der Waals surface area contributed by atoms with Gasteiger partial charge in [-0.05, 0) is 18.2 Å². The minimum Gasteiger partial charge on any atom is -0.507 e. The second-order valence-corrected chi connectivity index (χ2v) is 3.86. The maximum absolute atomic E-state index is 9.51. The van der Waals surface area contributed by atoms with Crippen LogP contribution in [0, 0.1) is 22.7 Å². The van der Waals surface area contributed by atoms with Crippen molar-refractivity contribution in [2.24, 2.45) is 10.7 Å². The van der Waals surface area contributed by atoms with Crippen molar-refractivity contribution < 1.29 is 5.11 Å². The summed E-state index contributed by atoms with van der Waals surface area (Å²) in [6.45, 7) is 0. The molecule has 0 saturated heterocycles. The van der Waals surface area contributed by atoms with Gasteiger partial charge >= 0.3 is 0 Å². The number of nitrogens with zero attached hydrogens (tertiary/aromatic N) is 3. The number of benzene rings is 1. The standard InChI is InChI=1S/C11H7BrN4O/c12-8-1-2-11(17)7(3-8)6-16-10(5-14)9(15)4-13/h1-3,6,17H,15H2/b10-9-,16-6?. The zero-order chi connectivity index (χ0) is 12.8. The largest absolute Gasteiger partial charge is 0.507 e. The molecule has 0 aliphatic carbocycles. The van der Waals surface area contributed by atoms with Crippen LogP contribution in [0.5, 0.6) is 5.75 Å². The van der Waals surface area contributed by atoms with E-state index < -0.39 is 0 Å². The van der Waals surface area contributed by atoms with Crippen LogP contribution in [0.25, 0.3) is 0 Å². The highest BCUT2D eigenvalue weighted by Gasteiger charge is 2.01. The fraction of sp³-hybridized carbons (Fsp3) is 0. The summed E-state index contributed by atoms with van der Waals surface area (Å²) in [4.78, 5) is 3.75. The molecule has 0 bridgehead atoms. The van der Waals surface area contributed by atoms with Gasteiger partial charge in [0.1, 0.15) is 23.6 Å². The number of nitrogens with two attached hydrogens (primary N) is 1. The number of aliphatic imine (C=N–C) groups is 1. The van der Waals surface area contributed by atoms with Crippen molar-refractivity contribution >= 4 is 22.1 Å². The Morgan fingerprint density at radius 3 is 2.71 bits per heavy atom. The Bertz CT molecular complexity index is 578. The Morgan fingerprint density at radius 1 is 1.41 bits per heavy atom. The highest BCUT2D eigenvalue weighted by atomic mass is 79.9. The second kappa shape index (κ2) is 5.69. The smallest absolute Gasteiger partial charge is 0.174 e. The summed E-state index contributed by atoms with van der Waals surface area (Å²) in [5, 5.41) is 26.7. The molecule has 1 aromatic rings. The fourth-order valence-corrected chi connectivity index (χ4v) is 1.35. The molecule has 0 aliphatic heterocycles. The Balaban J connectivity index is 3.12. The van der Waals surface area contributed by atoms with Crippen molar-refractivity contribution in [1.82, 2.24) is 0 Å². The highest BCUT2D eigenvalue weighted by Crippen LogP contribution is 2.20. The first kappa shape index (κ1) is 12.8. The van der Waals surface area contributed by atoms with Crippen LogP contribution in [0.3, 0.4) is 0 Å². The van der Waals surface area contributed by atoms with Gasteiger partial charge in [-0.2, -0.15) is 10.5 Å². The molecule has 0 unspecified atom stereocenters. The van der Waals surface area contributed by atoms with Crippen LogP contribution in [0.2, 0.25) is 0 Å². The van der Waals surface area contributed by atoms with Gasteiger partial charge in [-0.1, -0.05) is 15.9 Å². The van der Waals surface area contributed by atoms with E-state index in [9.17, 15) is 5.11 Å². The molecular formula is C11H7BrN4O. The van der Waals surface area contributed by atoms with Gasteiger partial charge in [0.25, 0.3) is 0 Å². The van der Waals surface area contributed by atoms with Crippen LogP contribution in [0.4, 0.5) is 0 Å². The van der Waals surface area contributed by atoms with Crippen LogP contribution in [0.15, 0.2) is 39.1 Å². The number of allylic oxidation sites excluding steroid dienone is 2. The molecule has 6 heteroatoms. The number of hydrogen-bond donors (Lipinski definition) is 2. The Morgan fingerprint density at radius 2 is 2.12 bits per heavy atom. The molecule has 0 atom stereocenters. The molecule has 3 N–H and O–H groups in total. The van der Waals surface area contributed by atoms with Crippen LogP contribution in [-0.4, -0.2) is 11.3 Å². The molecule has 17 heavy (non-hydrogen) atoms. The first-order valence-corrected chi connectivity index (χ1v) is 5.20. The average Bonchev–Trinajstić information content (AvgIpc) is 2.33. The topological polar surface area (TPSA) is 106 Å². The molecule has 1 rings (SSSR count). The van der Waals surface area contributed by atoms with Crippen molar-refractivity contribution in [1.29, 1.82) is 10.5 Å². The summed E-state index contributed by atoms with van der Waals surface area (Å²) >= 11 is 3.24. The highest BCUT2D eigenvalue weighted by molar-refractivity contribution is 9.10. The molecular weight excluding hydrogens is 284 g/mol. The lowest BCUT2D eigenvalue weighted by Gasteiger charge is -1.98. The minimum absolute atomic E-state index is 0.0183. The number of aromatic hydroxyl groups is 1. The van der Waals surface area contributed by atoms with E-state index >= 15 is 0 Å². The predicted octanol–water partition coefficient (Wildman–Crippen LogP) is 1.79. The van der Waals surface area contributed by atoms with E-state index in [1.807, 2.05) is 0 Å². The van der Waals surface area contributed by atoms with Crippen LogP contribution in [-0.2, 0) is 0 Å². The van der Waals surface area contributed by atoms with Gasteiger partial charge in [-0.3, -0.25) is 0 Å². The van der Waals surface area contributed by atoms with E-state index in [0.717, 1.165) is 4.47 Å². The molecule has 5 nitrogen and oxygen atoms in total. The third-order valence-electron chi connectivity index (χ3n) is 1.80. The Kier molecular flexibility index (Phi) is 4.27. The maximum atomic E-state index is 9.51. The third-order valence-corrected chi connectivity index (χ3v) is 2.30. The first-order valence-electron chi connectivity index (χ1n) is 4.41. The normalized spacial score (nSPS) is 11.7. The van der Waals surface area contributed by atoms with E-state index in [2.05, 4.69) is 20.9 Å². The zero-order valence-corrected chi connectivity index (χ0v) is 10.1. The first-order chi connectivity index (χ1) is 8.08. The summed E-state index contributed by atoms with van der Waals surface area (Å²) in [6, 6.07) is 8.09. The number of phenolic OH excluding ortho intramolecular Hbond substituents is 1. The molecule has 0 radical (unpaired) electrons. The van der Waals surface area contributed by atoms with Crippen molar-refractivity contribution in [2.45, 2.75) is 0 Å². The number of rotatable bonds is 2. The Hall–Kier alpha value is -2.31. The summed E-state index contributed by atoms with van der Waals surface area (Å²) in [5.74, 6) is 0.0183. The molecule has 0 amide bonds. The van der Waals surface area contributed by atoms with Gasteiger partial charge in [0.15, 0.2) is 5.70 Å². The third kappa shape index (κ3) is 3.33. The second-order valence-electron chi connectivity index (χ2n) is 2.95. The van der Waals surface area contributed by atoms with Crippen molar-refractivity contribution in [3.8, 4) is 17.9 Å². The molecule has 0 aliphatic rings. The fourth-order valence-electron chi connectivity index (χ4n) is 0.974. The van der Waals surface area contributed by atoms with Crippen molar-refractivity contribution in [2.75, 3.05) is 0 Å². The summed E-state index contributed by atoms with van der Waals surface area (Å²) in [6.07, 6.45) is 1.27. The lowest BCUT2D eigenvalue weighted by molar-refractivity contribution is 0.474. The SMILES string of the molecule is N#C/C(N)=C(\C#N)N=Cc1cc(Br)ccc1O. The van der Waals surface area contributed by atoms with E-state index in [-0.39, 0.29) is 17.1 Å². The van der Waals surface area contributed by atoms with E-state index in [1.165, 1.54) is 12.3 Å². The van der Waals surface area contributed by atoms with E-state index in [4.69, 9.17) is 16.3 Å². The number of phenols is 1. The van der Waals surface area contributed by atoms with Crippen molar-refractivity contribution in [3.63, 3.8) is 0 Å². The minimum atomic E-state index is -0.266. The van der Waals surface area contributed by atoms with Crippen LogP contribution >= 0.6 is 15.9 Å². The predicted molar refractivity (Wildman–Crippen MR) is 65.8 cm³/mol. The van der Waals surface area contributed by atoms with E-state index in [1.54, 1.807) is 24.3 Å². The summed E-state index contributed by atoms with van der Waals surface area (Å²) < 4.78 is 0.757. The van der Waals surface area contributed by atoms with Crippen LogP contribution in [0.1, 0.15) is 5.56 Å².